The van der Waals surface area contributed by atoms with Crippen molar-refractivity contribution in [3.63, 3.8) is 0 Å². The summed E-state index contributed by atoms with van der Waals surface area (Å²) in [5.41, 5.74) is 2.29. The number of rotatable bonds is 6. The van der Waals surface area contributed by atoms with Crippen LogP contribution in [0.15, 0.2) is 58.3 Å². The molecule has 0 radical (unpaired) electrons. The molecule has 1 aromatic heterocycles. The summed E-state index contributed by atoms with van der Waals surface area (Å²) in [5, 5.41) is 12.7. The molecule has 0 unspecified atom stereocenters. The molecule has 1 aliphatic heterocycles. The minimum absolute atomic E-state index is 0.0413. The first-order valence-corrected chi connectivity index (χ1v) is 11.0. The quantitative estimate of drug-likeness (QED) is 0.592. The summed E-state index contributed by atoms with van der Waals surface area (Å²) in [4.78, 5) is 17.2. The molecule has 28 heavy (non-hydrogen) atoms. The van der Waals surface area contributed by atoms with Crippen molar-refractivity contribution in [3.05, 3.63) is 53.5 Å². The fraction of sp³-hybridized carbons (Fsp3) is 0.286. The molecule has 7 heteroatoms. The van der Waals surface area contributed by atoms with Gasteiger partial charge in [-0.3, -0.25) is 4.79 Å². The van der Waals surface area contributed by atoms with E-state index in [1.807, 2.05) is 12.1 Å². The van der Waals surface area contributed by atoms with Crippen LogP contribution < -0.4 is 10.2 Å². The highest BCUT2D eigenvalue weighted by atomic mass is 32.2. The summed E-state index contributed by atoms with van der Waals surface area (Å²) >= 11 is 3.23. The molecular formula is C21H22N4OS2. The van der Waals surface area contributed by atoms with Gasteiger partial charge in [0, 0.05) is 29.2 Å². The summed E-state index contributed by atoms with van der Waals surface area (Å²) < 4.78 is 0. The molecule has 2 heterocycles. The van der Waals surface area contributed by atoms with Crippen molar-refractivity contribution < 1.29 is 4.79 Å². The zero-order valence-corrected chi connectivity index (χ0v) is 17.5. The molecule has 1 amide bonds. The molecule has 1 N–H and O–H groups in total. The number of amides is 1. The van der Waals surface area contributed by atoms with E-state index in [-0.39, 0.29) is 5.91 Å². The number of nitrogens with one attached hydrogen (secondary N) is 1. The number of anilines is 3. The van der Waals surface area contributed by atoms with Crippen LogP contribution in [0.25, 0.3) is 0 Å². The maximum absolute atomic E-state index is 12.5. The lowest BCUT2D eigenvalue weighted by Gasteiger charge is -2.32. The molecule has 0 bridgehead atoms. The molecule has 0 fully saturated rings. The van der Waals surface area contributed by atoms with Crippen LogP contribution in [0, 0.1) is 5.92 Å². The molecule has 144 valence electrons. The molecule has 0 atom stereocenters. The van der Waals surface area contributed by atoms with E-state index in [0.717, 1.165) is 22.8 Å². The summed E-state index contributed by atoms with van der Waals surface area (Å²) in [6.07, 6.45) is 1.26. The van der Waals surface area contributed by atoms with Gasteiger partial charge in [-0.05, 0) is 30.2 Å². The summed E-state index contributed by atoms with van der Waals surface area (Å²) in [6, 6.07) is 16.7. The number of aromatic nitrogens is 2. The Hall–Kier alpha value is -2.38. The highest BCUT2D eigenvalue weighted by Crippen LogP contribution is 2.47. The van der Waals surface area contributed by atoms with Crippen molar-refractivity contribution >= 4 is 45.5 Å². The number of carbonyl (C=O) groups is 1. The van der Waals surface area contributed by atoms with Gasteiger partial charge in [0.05, 0.1) is 11.4 Å². The third-order valence-corrected chi connectivity index (χ3v) is 6.38. The molecular weight excluding hydrogens is 388 g/mol. The fourth-order valence-corrected chi connectivity index (χ4v) is 5.22. The first-order valence-electron chi connectivity index (χ1n) is 9.36. The monoisotopic (exact) mass is 410 g/mol. The van der Waals surface area contributed by atoms with Gasteiger partial charge in [0.15, 0.2) is 0 Å². The molecule has 0 saturated heterocycles. The smallest absolute Gasteiger partial charge is 0.227 e. The third kappa shape index (κ3) is 4.20. The van der Waals surface area contributed by atoms with Crippen molar-refractivity contribution in [2.75, 3.05) is 16.8 Å². The second-order valence-corrected chi connectivity index (χ2v) is 9.23. The minimum Gasteiger partial charge on any atom is -0.339 e. The van der Waals surface area contributed by atoms with Gasteiger partial charge in [0.25, 0.3) is 0 Å². The van der Waals surface area contributed by atoms with Crippen molar-refractivity contribution in [1.29, 1.82) is 0 Å². The number of nitrogens with zero attached hydrogens (tertiary/aromatic N) is 3. The van der Waals surface area contributed by atoms with E-state index >= 15 is 0 Å². The fourth-order valence-electron chi connectivity index (χ4n) is 3.15. The van der Waals surface area contributed by atoms with Crippen LogP contribution in [0.2, 0.25) is 0 Å². The Bertz CT molecular complexity index is 940. The molecule has 1 aliphatic rings. The van der Waals surface area contributed by atoms with E-state index in [1.165, 1.54) is 21.1 Å². The van der Waals surface area contributed by atoms with Gasteiger partial charge in [-0.1, -0.05) is 61.2 Å². The first kappa shape index (κ1) is 19.0. The van der Waals surface area contributed by atoms with E-state index in [2.05, 4.69) is 70.7 Å². The van der Waals surface area contributed by atoms with Crippen molar-refractivity contribution in [2.45, 2.75) is 36.5 Å². The van der Waals surface area contributed by atoms with Gasteiger partial charge in [-0.2, -0.15) is 0 Å². The normalized spacial score (nSPS) is 12.6. The number of benzene rings is 2. The maximum Gasteiger partial charge on any atom is 0.227 e. The van der Waals surface area contributed by atoms with Gasteiger partial charge < -0.3 is 10.2 Å². The number of fused-ring (bicyclic) bond motifs is 2. The third-order valence-electron chi connectivity index (χ3n) is 4.39. The van der Waals surface area contributed by atoms with Crippen LogP contribution in [-0.2, 0) is 11.2 Å². The van der Waals surface area contributed by atoms with Gasteiger partial charge in [0.2, 0.25) is 11.0 Å². The molecule has 0 aliphatic carbocycles. The molecule has 4 rings (SSSR count). The lowest BCUT2D eigenvalue weighted by atomic mass is 10.1. The number of hydrogen-bond donors (Lipinski definition) is 1. The second-order valence-electron chi connectivity index (χ2n) is 7.09. The summed E-state index contributed by atoms with van der Waals surface area (Å²) in [5.74, 6) is 0.481. The predicted octanol–water partition coefficient (Wildman–Crippen LogP) is 5.37. The SMILES string of the molecule is CC(C)Cc1nnc(NC(=O)CCN2c3ccccc3Sc3ccccc32)s1. The lowest BCUT2D eigenvalue weighted by Crippen LogP contribution is -2.25. The molecule has 0 spiro atoms. The maximum atomic E-state index is 12.5. The van der Waals surface area contributed by atoms with E-state index < -0.39 is 0 Å². The summed E-state index contributed by atoms with van der Waals surface area (Å²) in [6.45, 7) is 4.90. The van der Waals surface area contributed by atoms with Gasteiger partial charge in [-0.25, -0.2) is 0 Å². The molecule has 5 nitrogen and oxygen atoms in total. The average molecular weight is 411 g/mol. The van der Waals surface area contributed by atoms with Crippen molar-refractivity contribution in [3.8, 4) is 0 Å². The minimum atomic E-state index is -0.0413. The Kier molecular flexibility index (Phi) is 5.64. The topological polar surface area (TPSA) is 58.1 Å². The Morgan fingerprint density at radius 3 is 2.32 bits per heavy atom. The van der Waals surface area contributed by atoms with Crippen LogP contribution >= 0.6 is 23.1 Å². The summed E-state index contributed by atoms with van der Waals surface area (Å²) in [7, 11) is 0. The Morgan fingerprint density at radius 2 is 1.68 bits per heavy atom. The Labute approximate surface area is 173 Å². The highest BCUT2D eigenvalue weighted by Gasteiger charge is 2.23. The van der Waals surface area contributed by atoms with E-state index in [0.29, 0.717) is 24.0 Å². The Balaban J connectivity index is 1.45. The Morgan fingerprint density at radius 1 is 1.04 bits per heavy atom. The molecule has 0 saturated carbocycles. The van der Waals surface area contributed by atoms with Crippen LogP contribution in [-0.4, -0.2) is 22.6 Å². The van der Waals surface area contributed by atoms with Crippen LogP contribution in [0.3, 0.4) is 0 Å². The average Bonchev–Trinajstić information content (AvgIpc) is 3.11. The van der Waals surface area contributed by atoms with E-state index in [1.54, 1.807) is 11.8 Å². The van der Waals surface area contributed by atoms with Crippen LogP contribution in [0.1, 0.15) is 25.3 Å². The standard InChI is InChI=1S/C21H22N4OS2/c1-14(2)13-20-23-24-21(28-20)22-19(26)11-12-25-15-7-3-5-9-17(15)27-18-10-6-4-8-16(18)25/h3-10,14H,11-13H2,1-2H3,(H,22,24,26). The number of hydrogen-bond acceptors (Lipinski definition) is 6. The predicted molar refractivity (Wildman–Crippen MR) is 116 cm³/mol. The van der Waals surface area contributed by atoms with E-state index in [9.17, 15) is 4.79 Å². The number of para-hydroxylation sites is 2. The molecule has 2 aromatic carbocycles. The zero-order chi connectivity index (χ0) is 19.5. The van der Waals surface area contributed by atoms with Crippen molar-refractivity contribution in [1.82, 2.24) is 10.2 Å². The molecule has 3 aromatic rings. The first-order chi connectivity index (χ1) is 13.6. The zero-order valence-electron chi connectivity index (χ0n) is 15.9. The number of carbonyl (C=O) groups excluding carboxylic acids is 1. The van der Waals surface area contributed by atoms with Gasteiger partial charge in [-0.15, -0.1) is 10.2 Å². The highest BCUT2D eigenvalue weighted by molar-refractivity contribution is 7.99. The van der Waals surface area contributed by atoms with E-state index in [4.69, 9.17) is 0 Å². The largest absolute Gasteiger partial charge is 0.339 e. The van der Waals surface area contributed by atoms with Gasteiger partial charge >= 0.3 is 0 Å². The lowest BCUT2D eigenvalue weighted by molar-refractivity contribution is -0.116. The van der Waals surface area contributed by atoms with Gasteiger partial charge in [0.1, 0.15) is 5.01 Å². The van der Waals surface area contributed by atoms with Crippen molar-refractivity contribution in [2.24, 2.45) is 5.92 Å². The van der Waals surface area contributed by atoms with Crippen LogP contribution in [0.4, 0.5) is 16.5 Å². The second kappa shape index (κ2) is 8.32. The van der Waals surface area contributed by atoms with Crippen LogP contribution in [0.5, 0.6) is 0 Å².